The van der Waals surface area contributed by atoms with E-state index in [0.717, 1.165) is 35.4 Å². The van der Waals surface area contributed by atoms with Gasteiger partial charge in [-0.25, -0.2) is 9.78 Å². The van der Waals surface area contributed by atoms with Crippen LogP contribution in [-0.4, -0.2) is 59.6 Å². The van der Waals surface area contributed by atoms with E-state index in [0.29, 0.717) is 19.5 Å². The molecule has 8 heteroatoms. The zero-order valence-electron chi connectivity index (χ0n) is 15.4. The molecule has 1 atom stereocenters. The first kappa shape index (κ1) is 18.4. The molecule has 140 valence electrons. The summed E-state index contributed by atoms with van der Waals surface area (Å²) >= 11 is 1.42. The molecule has 1 aliphatic rings. The molecule has 1 N–H and O–H groups in total. The maximum absolute atomic E-state index is 12.1. The molecule has 1 aromatic carbocycles. The summed E-state index contributed by atoms with van der Waals surface area (Å²) in [5.41, 5.74) is 1.13. The summed E-state index contributed by atoms with van der Waals surface area (Å²) < 4.78 is 9.77. The first-order chi connectivity index (χ1) is 12.6. The molecule has 0 saturated carbocycles. The Morgan fingerprint density at radius 2 is 2.27 bits per heavy atom. The number of ether oxygens (including phenoxy) is 1. The van der Waals surface area contributed by atoms with Gasteiger partial charge in [0.15, 0.2) is 0 Å². The van der Waals surface area contributed by atoms with Crippen molar-refractivity contribution in [2.75, 3.05) is 38.2 Å². The highest BCUT2D eigenvalue weighted by Gasteiger charge is 2.28. The number of methoxy groups -OCH3 is 1. The molecule has 0 spiro atoms. The molecule has 2 aromatic rings. The van der Waals surface area contributed by atoms with Gasteiger partial charge >= 0.3 is 6.03 Å². The zero-order chi connectivity index (χ0) is 18.5. The fourth-order valence-corrected chi connectivity index (χ4v) is 3.82. The van der Waals surface area contributed by atoms with Gasteiger partial charge in [0, 0.05) is 50.2 Å². The van der Waals surface area contributed by atoms with Gasteiger partial charge in [-0.15, -0.1) is 0 Å². The van der Waals surface area contributed by atoms with Gasteiger partial charge in [-0.3, -0.25) is 0 Å². The molecule has 0 radical (unpaired) electrons. The average Bonchev–Trinajstić information content (AvgIpc) is 3.10. The molecule has 1 fully saturated rings. The molecule has 1 saturated heterocycles. The minimum Gasteiger partial charge on any atom is -0.497 e. The van der Waals surface area contributed by atoms with Crippen LogP contribution in [0.15, 0.2) is 24.3 Å². The third-order valence-corrected chi connectivity index (χ3v) is 5.26. The highest BCUT2D eigenvalue weighted by atomic mass is 32.1. The molecule has 3 rings (SSSR count). The average molecular weight is 375 g/mol. The number of rotatable bonds is 5. The molecule has 1 aromatic heterocycles. The van der Waals surface area contributed by atoms with Crippen molar-refractivity contribution in [2.24, 2.45) is 0 Å². The number of hydrogen-bond donors (Lipinski definition) is 1. The smallest absolute Gasteiger partial charge is 0.317 e. The van der Waals surface area contributed by atoms with Gasteiger partial charge in [0.05, 0.1) is 7.11 Å². The van der Waals surface area contributed by atoms with Crippen LogP contribution in [-0.2, 0) is 6.42 Å². The van der Waals surface area contributed by atoms with Crippen molar-refractivity contribution in [2.45, 2.75) is 26.3 Å². The second-order valence-electron chi connectivity index (χ2n) is 6.35. The van der Waals surface area contributed by atoms with Crippen molar-refractivity contribution in [1.82, 2.24) is 19.6 Å². The summed E-state index contributed by atoms with van der Waals surface area (Å²) in [7, 11) is 1.67. The zero-order valence-corrected chi connectivity index (χ0v) is 16.3. The molecule has 2 amide bonds. The third-order valence-electron chi connectivity index (χ3n) is 4.44. The fourth-order valence-electron chi connectivity index (χ4n) is 3.10. The van der Waals surface area contributed by atoms with Crippen molar-refractivity contribution >= 4 is 22.7 Å². The minimum atomic E-state index is 0.00984. The Bertz CT molecular complexity index is 751. The van der Waals surface area contributed by atoms with Gasteiger partial charge in [-0.05, 0) is 31.5 Å². The van der Waals surface area contributed by atoms with Crippen LogP contribution < -0.4 is 15.0 Å². The summed E-state index contributed by atoms with van der Waals surface area (Å²) in [6.45, 7) is 6.89. The van der Waals surface area contributed by atoms with Gasteiger partial charge in [-0.1, -0.05) is 12.1 Å². The number of hydrogen-bond acceptors (Lipinski definition) is 6. The third kappa shape index (κ3) is 4.24. The van der Waals surface area contributed by atoms with E-state index in [9.17, 15) is 4.79 Å². The van der Waals surface area contributed by atoms with Crippen LogP contribution in [0.4, 0.5) is 9.93 Å². The predicted octanol–water partition coefficient (Wildman–Crippen LogP) is 2.38. The topological polar surface area (TPSA) is 70.6 Å². The number of carbonyl (C=O) groups excluding carboxylic acids is 1. The Hall–Kier alpha value is -2.35. The van der Waals surface area contributed by atoms with E-state index in [1.807, 2.05) is 30.0 Å². The maximum Gasteiger partial charge on any atom is 0.317 e. The van der Waals surface area contributed by atoms with E-state index < -0.39 is 0 Å². The minimum absolute atomic E-state index is 0.00984. The number of nitrogens with zero attached hydrogens (tertiary/aromatic N) is 4. The van der Waals surface area contributed by atoms with E-state index in [2.05, 4.69) is 27.6 Å². The van der Waals surface area contributed by atoms with Crippen LogP contribution in [0.25, 0.3) is 0 Å². The molecular formula is C18H25N5O2S. The molecule has 1 aliphatic heterocycles. The normalized spacial score (nSPS) is 17.3. The molecule has 26 heavy (non-hydrogen) atoms. The molecule has 0 bridgehead atoms. The van der Waals surface area contributed by atoms with Crippen molar-refractivity contribution in [3.8, 4) is 5.75 Å². The molecule has 2 heterocycles. The quantitative estimate of drug-likeness (QED) is 0.869. The first-order valence-electron chi connectivity index (χ1n) is 8.85. The summed E-state index contributed by atoms with van der Waals surface area (Å²) in [4.78, 5) is 20.9. The summed E-state index contributed by atoms with van der Waals surface area (Å²) in [5, 5.41) is 3.80. The van der Waals surface area contributed by atoms with Crippen molar-refractivity contribution in [3.63, 3.8) is 0 Å². The number of nitrogens with one attached hydrogen (secondary N) is 1. The fraction of sp³-hybridized carbons (Fsp3) is 0.500. The number of aromatic nitrogens is 2. The highest BCUT2D eigenvalue weighted by Crippen LogP contribution is 2.23. The van der Waals surface area contributed by atoms with Gasteiger partial charge in [-0.2, -0.15) is 4.37 Å². The number of urea groups is 1. The molecule has 1 unspecified atom stereocenters. The van der Waals surface area contributed by atoms with E-state index in [1.54, 1.807) is 7.11 Å². The Balaban J connectivity index is 1.62. The molecule has 7 nitrogen and oxygen atoms in total. The maximum atomic E-state index is 12.1. The largest absolute Gasteiger partial charge is 0.497 e. The van der Waals surface area contributed by atoms with Crippen LogP contribution in [0.2, 0.25) is 0 Å². The lowest BCUT2D eigenvalue weighted by Crippen LogP contribution is -2.56. The summed E-state index contributed by atoms with van der Waals surface area (Å²) in [6, 6.07) is 8.11. The Labute approximate surface area is 158 Å². The van der Waals surface area contributed by atoms with E-state index in [1.165, 1.54) is 11.5 Å². The lowest BCUT2D eigenvalue weighted by molar-refractivity contribution is 0.172. The number of piperazine rings is 1. The van der Waals surface area contributed by atoms with Crippen LogP contribution in [0.1, 0.15) is 25.2 Å². The summed E-state index contributed by atoms with van der Waals surface area (Å²) in [5.74, 6) is 1.66. The number of amides is 2. The summed E-state index contributed by atoms with van der Waals surface area (Å²) in [6.07, 6.45) is 0.683. The van der Waals surface area contributed by atoms with Crippen LogP contribution in [0.5, 0.6) is 5.75 Å². The van der Waals surface area contributed by atoms with Gasteiger partial charge in [0.2, 0.25) is 5.13 Å². The lowest BCUT2D eigenvalue weighted by Gasteiger charge is -2.39. The van der Waals surface area contributed by atoms with Crippen molar-refractivity contribution in [3.05, 3.63) is 35.7 Å². The molecular weight excluding hydrogens is 350 g/mol. The lowest BCUT2D eigenvalue weighted by atomic mass is 10.1. The molecule has 0 aliphatic carbocycles. The van der Waals surface area contributed by atoms with Crippen LogP contribution in [0, 0.1) is 0 Å². The Morgan fingerprint density at radius 3 is 3.00 bits per heavy atom. The van der Waals surface area contributed by atoms with Gasteiger partial charge < -0.3 is 19.9 Å². The van der Waals surface area contributed by atoms with Crippen LogP contribution >= 0.6 is 11.5 Å². The second-order valence-corrected chi connectivity index (χ2v) is 7.08. The van der Waals surface area contributed by atoms with E-state index in [-0.39, 0.29) is 12.1 Å². The number of carbonyl (C=O) groups is 1. The Kier molecular flexibility index (Phi) is 5.92. The monoisotopic (exact) mass is 375 g/mol. The van der Waals surface area contributed by atoms with Crippen LogP contribution in [0.3, 0.4) is 0 Å². The van der Waals surface area contributed by atoms with Crippen molar-refractivity contribution in [1.29, 1.82) is 0 Å². The number of anilines is 1. The number of benzene rings is 1. The standard InChI is InChI=1S/C18H25N5O2S/c1-4-19-17(24)23-9-8-22(12-13(23)2)18-20-16(21-26-18)11-14-6-5-7-15(10-14)25-3/h5-7,10,13H,4,8-9,11-12H2,1-3H3,(H,19,24). The van der Waals surface area contributed by atoms with Gasteiger partial charge in [0.1, 0.15) is 11.6 Å². The van der Waals surface area contributed by atoms with Crippen molar-refractivity contribution < 1.29 is 9.53 Å². The Morgan fingerprint density at radius 1 is 1.42 bits per heavy atom. The first-order valence-corrected chi connectivity index (χ1v) is 9.63. The SMILES string of the molecule is CCNC(=O)N1CCN(c2nc(Cc3cccc(OC)c3)ns2)CC1C. The predicted molar refractivity (Wildman–Crippen MR) is 103 cm³/mol. The van der Waals surface area contributed by atoms with E-state index >= 15 is 0 Å². The second kappa shape index (κ2) is 8.35. The van der Waals surface area contributed by atoms with E-state index in [4.69, 9.17) is 9.72 Å². The highest BCUT2D eigenvalue weighted by molar-refractivity contribution is 7.09. The van der Waals surface area contributed by atoms with Gasteiger partial charge in [0.25, 0.3) is 0 Å².